The Hall–Kier alpha value is -1.84. The van der Waals surface area contributed by atoms with E-state index in [1.807, 2.05) is 25.1 Å². The number of hydrogen-bond acceptors (Lipinski definition) is 2. The zero-order chi connectivity index (χ0) is 15.4. The monoisotopic (exact) mass is 288 g/mol. The van der Waals surface area contributed by atoms with Crippen LogP contribution >= 0.6 is 0 Å². The summed E-state index contributed by atoms with van der Waals surface area (Å²) in [6.07, 6.45) is 2.67. The van der Waals surface area contributed by atoms with E-state index in [1.54, 1.807) is 11.0 Å². The first-order valence-corrected chi connectivity index (χ1v) is 7.83. The molecule has 2 rings (SSSR count). The smallest absolute Gasteiger partial charge is 0.254 e. The lowest BCUT2D eigenvalue weighted by Gasteiger charge is -2.28. The van der Waals surface area contributed by atoms with Gasteiger partial charge < -0.3 is 10.2 Å². The van der Waals surface area contributed by atoms with Gasteiger partial charge in [0.2, 0.25) is 5.91 Å². The molecule has 1 atom stereocenters. The minimum Gasteiger partial charge on any atom is -0.340 e. The molecule has 0 radical (unpaired) electrons. The highest BCUT2D eigenvalue weighted by atomic mass is 16.2. The molecule has 114 valence electrons. The van der Waals surface area contributed by atoms with Gasteiger partial charge in [-0.1, -0.05) is 45.7 Å². The molecule has 1 heterocycles. The summed E-state index contributed by atoms with van der Waals surface area (Å²) in [6.45, 7) is 6.88. The Labute approximate surface area is 126 Å². The predicted molar refractivity (Wildman–Crippen MR) is 84.4 cm³/mol. The SMILES string of the molecule is CCC(CC)CN1C(=O)C(CC)NC(=O)c2ccccc21. The van der Waals surface area contributed by atoms with E-state index in [1.165, 1.54) is 0 Å². The van der Waals surface area contributed by atoms with Gasteiger partial charge >= 0.3 is 0 Å². The maximum absolute atomic E-state index is 12.8. The highest BCUT2D eigenvalue weighted by Crippen LogP contribution is 2.26. The van der Waals surface area contributed by atoms with E-state index in [9.17, 15) is 9.59 Å². The lowest BCUT2D eigenvalue weighted by molar-refractivity contribution is -0.120. The zero-order valence-corrected chi connectivity index (χ0v) is 13.1. The number of carbonyl (C=O) groups is 2. The lowest BCUT2D eigenvalue weighted by atomic mass is 10.0. The zero-order valence-electron chi connectivity index (χ0n) is 13.1. The molecular weight excluding hydrogens is 264 g/mol. The van der Waals surface area contributed by atoms with Crippen molar-refractivity contribution in [3.8, 4) is 0 Å². The molecule has 1 N–H and O–H groups in total. The van der Waals surface area contributed by atoms with Gasteiger partial charge in [-0.15, -0.1) is 0 Å². The first-order chi connectivity index (χ1) is 10.1. The molecule has 1 aromatic carbocycles. The molecular formula is C17H24N2O2. The third kappa shape index (κ3) is 3.09. The Morgan fingerprint density at radius 3 is 2.43 bits per heavy atom. The van der Waals surface area contributed by atoms with E-state index in [4.69, 9.17) is 0 Å². The molecule has 0 bridgehead atoms. The summed E-state index contributed by atoms with van der Waals surface area (Å²) in [6, 6.07) is 6.94. The molecule has 0 aromatic heterocycles. The number of hydrogen-bond donors (Lipinski definition) is 1. The van der Waals surface area contributed by atoms with Crippen molar-refractivity contribution in [2.45, 2.75) is 46.1 Å². The van der Waals surface area contributed by atoms with Gasteiger partial charge in [0.25, 0.3) is 5.91 Å². The minimum atomic E-state index is -0.431. The Bertz CT molecular complexity index is 523. The molecule has 0 fully saturated rings. The number of carbonyl (C=O) groups excluding carboxylic acids is 2. The van der Waals surface area contributed by atoms with Crippen LogP contribution in [0.25, 0.3) is 0 Å². The number of amides is 2. The summed E-state index contributed by atoms with van der Waals surface area (Å²) >= 11 is 0. The standard InChI is InChI=1S/C17H24N2O2/c1-4-12(5-2)11-19-15-10-8-7-9-13(15)16(20)18-14(6-3)17(19)21/h7-10,12,14H,4-6,11H2,1-3H3,(H,18,20). The molecule has 4 heteroatoms. The van der Waals surface area contributed by atoms with Crippen LogP contribution < -0.4 is 10.2 Å². The largest absolute Gasteiger partial charge is 0.340 e. The highest BCUT2D eigenvalue weighted by molar-refractivity contribution is 6.10. The van der Waals surface area contributed by atoms with Crippen molar-refractivity contribution >= 4 is 17.5 Å². The van der Waals surface area contributed by atoms with Crippen LogP contribution in [0, 0.1) is 5.92 Å². The lowest BCUT2D eigenvalue weighted by Crippen LogP contribution is -2.46. The van der Waals surface area contributed by atoms with Gasteiger partial charge in [-0.05, 0) is 24.5 Å². The maximum atomic E-state index is 12.8. The van der Waals surface area contributed by atoms with Gasteiger partial charge in [-0.3, -0.25) is 9.59 Å². The van der Waals surface area contributed by atoms with Crippen LogP contribution in [0.1, 0.15) is 50.4 Å². The summed E-state index contributed by atoms with van der Waals surface area (Å²) in [5.41, 5.74) is 1.33. The Kier molecular flexibility index (Phi) is 4.99. The van der Waals surface area contributed by atoms with E-state index in [2.05, 4.69) is 19.2 Å². The van der Waals surface area contributed by atoms with Gasteiger partial charge in [0, 0.05) is 6.54 Å². The normalized spacial score (nSPS) is 18.5. The molecule has 1 aliphatic rings. The third-order valence-corrected chi connectivity index (χ3v) is 4.31. The number of rotatable bonds is 5. The number of nitrogens with zero attached hydrogens (tertiary/aromatic N) is 1. The highest BCUT2D eigenvalue weighted by Gasteiger charge is 2.33. The van der Waals surface area contributed by atoms with Crippen LogP contribution in [0.4, 0.5) is 5.69 Å². The van der Waals surface area contributed by atoms with Crippen molar-refractivity contribution in [2.24, 2.45) is 5.92 Å². The van der Waals surface area contributed by atoms with Crippen molar-refractivity contribution < 1.29 is 9.59 Å². The van der Waals surface area contributed by atoms with Crippen LogP contribution in [-0.4, -0.2) is 24.4 Å². The van der Waals surface area contributed by atoms with E-state index in [0.29, 0.717) is 24.4 Å². The van der Waals surface area contributed by atoms with Gasteiger partial charge in [0.1, 0.15) is 6.04 Å². The van der Waals surface area contributed by atoms with Gasteiger partial charge in [0.15, 0.2) is 0 Å². The molecule has 0 saturated heterocycles. The van der Waals surface area contributed by atoms with Gasteiger partial charge in [0.05, 0.1) is 11.3 Å². The van der Waals surface area contributed by atoms with Crippen molar-refractivity contribution in [3.63, 3.8) is 0 Å². The topological polar surface area (TPSA) is 49.4 Å². The molecule has 4 nitrogen and oxygen atoms in total. The van der Waals surface area contributed by atoms with E-state index >= 15 is 0 Å². The van der Waals surface area contributed by atoms with Crippen molar-refractivity contribution in [1.29, 1.82) is 0 Å². The van der Waals surface area contributed by atoms with Crippen molar-refractivity contribution in [3.05, 3.63) is 29.8 Å². The van der Waals surface area contributed by atoms with Crippen LogP contribution in [0.3, 0.4) is 0 Å². The maximum Gasteiger partial charge on any atom is 0.254 e. The van der Waals surface area contributed by atoms with Crippen LogP contribution in [0.2, 0.25) is 0 Å². The molecule has 0 saturated carbocycles. The number of anilines is 1. The molecule has 21 heavy (non-hydrogen) atoms. The fourth-order valence-electron chi connectivity index (χ4n) is 2.78. The second-order valence-electron chi connectivity index (χ2n) is 5.58. The van der Waals surface area contributed by atoms with Gasteiger partial charge in [-0.25, -0.2) is 0 Å². The van der Waals surface area contributed by atoms with Gasteiger partial charge in [-0.2, -0.15) is 0 Å². The number of para-hydroxylation sites is 1. The molecule has 0 aliphatic carbocycles. The van der Waals surface area contributed by atoms with Crippen LogP contribution in [-0.2, 0) is 4.79 Å². The first-order valence-electron chi connectivity index (χ1n) is 7.83. The van der Waals surface area contributed by atoms with Crippen molar-refractivity contribution in [2.75, 3.05) is 11.4 Å². The summed E-state index contributed by atoms with van der Waals surface area (Å²) in [5.74, 6) is 0.299. The molecule has 0 spiro atoms. The quantitative estimate of drug-likeness (QED) is 0.905. The van der Waals surface area contributed by atoms with E-state index in [0.717, 1.165) is 18.5 Å². The number of benzene rings is 1. The Morgan fingerprint density at radius 2 is 1.81 bits per heavy atom. The van der Waals surface area contributed by atoms with Crippen molar-refractivity contribution in [1.82, 2.24) is 5.32 Å². The fourth-order valence-corrected chi connectivity index (χ4v) is 2.78. The average Bonchev–Trinajstić information content (AvgIpc) is 2.62. The number of nitrogens with one attached hydrogen (secondary N) is 1. The summed E-state index contributed by atoms with van der Waals surface area (Å²) in [5, 5.41) is 2.84. The molecule has 1 aromatic rings. The molecule has 1 aliphatic heterocycles. The fraction of sp³-hybridized carbons (Fsp3) is 0.529. The van der Waals surface area contributed by atoms with E-state index in [-0.39, 0.29) is 11.8 Å². The summed E-state index contributed by atoms with van der Waals surface area (Å²) < 4.78 is 0. The second-order valence-corrected chi connectivity index (χ2v) is 5.58. The average molecular weight is 288 g/mol. The predicted octanol–water partition coefficient (Wildman–Crippen LogP) is 2.98. The molecule has 1 unspecified atom stereocenters. The first kappa shape index (κ1) is 15.5. The van der Waals surface area contributed by atoms with E-state index < -0.39 is 6.04 Å². The second kappa shape index (κ2) is 6.74. The Morgan fingerprint density at radius 1 is 1.14 bits per heavy atom. The van der Waals surface area contributed by atoms with Crippen LogP contribution in [0.5, 0.6) is 0 Å². The molecule has 2 amide bonds. The summed E-state index contributed by atoms with van der Waals surface area (Å²) in [4.78, 5) is 26.9. The summed E-state index contributed by atoms with van der Waals surface area (Å²) in [7, 11) is 0. The minimum absolute atomic E-state index is 0.00250. The third-order valence-electron chi connectivity index (χ3n) is 4.31. The Balaban J connectivity index is 2.43. The van der Waals surface area contributed by atoms with Crippen LogP contribution in [0.15, 0.2) is 24.3 Å². The number of fused-ring (bicyclic) bond motifs is 1.